The van der Waals surface area contributed by atoms with Crippen molar-refractivity contribution in [3.8, 4) is 5.75 Å². The zero-order valence-corrected chi connectivity index (χ0v) is 16.8. The number of anilines is 1. The standard InChI is InChI=1S/C21H19N3O5S/c1-30(27,28)23-16-9-4-2-7-14(16)17-13-18(15-8-3-5-10-19(15)25)24(22-17)21(26)20-11-6-12-29-20/h2-12,18,23,25H,13H2,1H3/t18-/m1/s1. The summed E-state index contributed by atoms with van der Waals surface area (Å²) in [6.07, 6.45) is 2.75. The Kier molecular flexibility index (Phi) is 5.04. The maximum absolute atomic E-state index is 13.0. The molecule has 0 bridgehead atoms. The Balaban J connectivity index is 1.78. The van der Waals surface area contributed by atoms with Gasteiger partial charge in [-0.05, 0) is 24.3 Å². The number of nitrogens with one attached hydrogen (secondary N) is 1. The summed E-state index contributed by atoms with van der Waals surface area (Å²) >= 11 is 0. The molecule has 8 nitrogen and oxygen atoms in total. The highest BCUT2D eigenvalue weighted by atomic mass is 32.2. The minimum Gasteiger partial charge on any atom is -0.508 e. The Bertz CT molecular complexity index is 1220. The molecule has 0 unspecified atom stereocenters. The number of nitrogens with zero attached hydrogens (tertiary/aromatic N) is 2. The van der Waals surface area contributed by atoms with E-state index < -0.39 is 22.0 Å². The number of para-hydroxylation sites is 2. The van der Waals surface area contributed by atoms with Crippen molar-refractivity contribution in [3.05, 3.63) is 83.8 Å². The summed E-state index contributed by atoms with van der Waals surface area (Å²) < 4.78 is 31.3. The highest BCUT2D eigenvalue weighted by Gasteiger charge is 2.36. The monoisotopic (exact) mass is 425 g/mol. The van der Waals surface area contributed by atoms with E-state index in [0.717, 1.165) is 6.26 Å². The predicted molar refractivity (Wildman–Crippen MR) is 112 cm³/mol. The number of carbonyl (C=O) groups excluding carboxylic acids is 1. The second-order valence-corrected chi connectivity index (χ2v) is 8.62. The van der Waals surface area contributed by atoms with Crippen LogP contribution in [0.15, 0.2) is 76.4 Å². The van der Waals surface area contributed by atoms with E-state index in [-0.39, 0.29) is 17.9 Å². The molecule has 1 atom stereocenters. The van der Waals surface area contributed by atoms with Crippen molar-refractivity contribution in [2.45, 2.75) is 12.5 Å². The van der Waals surface area contributed by atoms with Crippen LogP contribution in [0.2, 0.25) is 0 Å². The molecule has 2 N–H and O–H groups in total. The first kappa shape index (κ1) is 19.7. The predicted octanol–water partition coefficient (Wildman–Crippen LogP) is 3.35. The van der Waals surface area contributed by atoms with Crippen LogP contribution < -0.4 is 4.72 Å². The van der Waals surface area contributed by atoms with Crippen molar-refractivity contribution in [2.75, 3.05) is 11.0 Å². The molecule has 1 amide bonds. The number of phenols is 1. The number of benzene rings is 2. The van der Waals surface area contributed by atoms with Crippen molar-refractivity contribution in [3.63, 3.8) is 0 Å². The Morgan fingerprint density at radius 3 is 2.57 bits per heavy atom. The Morgan fingerprint density at radius 1 is 1.13 bits per heavy atom. The highest BCUT2D eigenvalue weighted by molar-refractivity contribution is 7.92. The molecule has 0 saturated carbocycles. The van der Waals surface area contributed by atoms with E-state index in [1.54, 1.807) is 54.6 Å². The second-order valence-electron chi connectivity index (χ2n) is 6.87. The third-order valence-corrected chi connectivity index (χ3v) is 5.27. The zero-order valence-electron chi connectivity index (χ0n) is 16.0. The van der Waals surface area contributed by atoms with Gasteiger partial charge in [-0.2, -0.15) is 5.10 Å². The van der Waals surface area contributed by atoms with Crippen molar-refractivity contribution >= 4 is 27.3 Å². The number of hydrazone groups is 1. The number of aromatic hydroxyl groups is 1. The lowest BCUT2D eigenvalue weighted by Gasteiger charge is -2.21. The largest absolute Gasteiger partial charge is 0.508 e. The molecule has 0 radical (unpaired) electrons. The van der Waals surface area contributed by atoms with E-state index in [9.17, 15) is 18.3 Å². The zero-order chi connectivity index (χ0) is 21.3. The van der Waals surface area contributed by atoms with Crippen molar-refractivity contribution < 1.29 is 22.7 Å². The van der Waals surface area contributed by atoms with E-state index in [2.05, 4.69) is 9.82 Å². The fraction of sp³-hybridized carbons (Fsp3) is 0.143. The van der Waals surface area contributed by atoms with Gasteiger partial charge >= 0.3 is 5.91 Å². The van der Waals surface area contributed by atoms with Gasteiger partial charge in [0.05, 0.1) is 30.0 Å². The van der Waals surface area contributed by atoms with Gasteiger partial charge in [0.1, 0.15) is 5.75 Å². The van der Waals surface area contributed by atoms with Crippen LogP contribution in [0, 0.1) is 0 Å². The summed E-state index contributed by atoms with van der Waals surface area (Å²) in [4.78, 5) is 13.0. The van der Waals surface area contributed by atoms with Gasteiger partial charge in [-0.1, -0.05) is 36.4 Å². The average Bonchev–Trinajstić information content (AvgIpc) is 3.37. The lowest BCUT2D eigenvalue weighted by Crippen LogP contribution is -2.26. The molecule has 9 heteroatoms. The molecule has 1 aliphatic heterocycles. The molecular formula is C21H19N3O5S. The second kappa shape index (κ2) is 7.68. The normalized spacial score (nSPS) is 16.4. The summed E-state index contributed by atoms with van der Waals surface area (Å²) in [5.74, 6) is -0.307. The molecule has 1 aromatic heterocycles. The van der Waals surface area contributed by atoms with Crippen molar-refractivity contribution in [1.29, 1.82) is 0 Å². The van der Waals surface area contributed by atoms with E-state index >= 15 is 0 Å². The lowest BCUT2D eigenvalue weighted by atomic mass is 9.97. The first-order valence-corrected chi connectivity index (χ1v) is 11.0. The third kappa shape index (κ3) is 3.92. The first-order valence-electron chi connectivity index (χ1n) is 9.13. The minimum absolute atomic E-state index is 0.0405. The van der Waals surface area contributed by atoms with Crippen LogP contribution in [0.25, 0.3) is 0 Å². The summed E-state index contributed by atoms with van der Waals surface area (Å²) in [5.41, 5.74) is 1.96. The van der Waals surface area contributed by atoms with Crippen LogP contribution >= 0.6 is 0 Å². The van der Waals surface area contributed by atoms with Gasteiger partial charge in [0.2, 0.25) is 10.0 Å². The van der Waals surface area contributed by atoms with Gasteiger partial charge < -0.3 is 9.52 Å². The maximum atomic E-state index is 13.0. The van der Waals surface area contributed by atoms with Crippen LogP contribution in [-0.2, 0) is 10.0 Å². The van der Waals surface area contributed by atoms with Gasteiger partial charge in [0.15, 0.2) is 5.76 Å². The molecule has 1 aliphatic rings. The molecule has 0 saturated heterocycles. The summed E-state index contributed by atoms with van der Waals surface area (Å²) in [7, 11) is -3.51. The quantitative estimate of drug-likeness (QED) is 0.651. The number of carbonyl (C=O) groups is 1. The van der Waals surface area contributed by atoms with Crippen molar-refractivity contribution in [1.82, 2.24) is 5.01 Å². The number of hydrogen-bond donors (Lipinski definition) is 2. The summed E-state index contributed by atoms with van der Waals surface area (Å²) in [6, 6.07) is 16.1. The average molecular weight is 425 g/mol. The highest BCUT2D eigenvalue weighted by Crippen LogP contribution is 2.38. The topological polar surface area (TPSA) is 112 Å². The Morgan fingerprint density at radius 2 is 1.87 bits per heavy atom. The molecule has 0 spiro atoms. The molecule has 2 aromatic carbocycles. The van der Waals surface area contributed by atoms with Crippen LogP contribution in [0.1, 0.15) is 34.1 Å². The van der Waals surface area contributed by atoms with E-state index in [1.165, 1.54) is 17.3 Å². The Labute approximate surface area is 173 Å². The molecule has 154 valence electrons. The summed E-state index contributed by atoms with van der Waals surface area (Å²) in [5, 5.41) is 16.1. The number of rotatable bonds is 5. The molecule has 0 fully saturated rings. The SMILES string of the molecule is CS(=O)(=O)Nc1ccccc1C1=NN(C(=O)c2ccco2)[C@@H](c2ccccc2O)C1. The molecule has 0 aliphatic carbocycles. The minimum atomic E-state index is -3.51. The molecule has 3 aromatic rings. The van der Waals surface area contributed by atoms with Gasteiger partial charge in [-0.3, -0.25) is 9.52 Å². The van der Waals surface area contributed by atoms with Crippen LogP contribution in [0.4, 0.5) is 5.69 Å². The smallest absolute Gasteiger partial charge is 0.310 e. The van der Waals surface area contributed by atoms with Crippen LogP contribution in [0.5, 0.6) is 5.75 Å². The van der Waals surface area contributed by atoms with Gasteiger partial charge in [-0.15, -0.1) is 0 Å². The Hall–Kier alpha value is -3.59. The van der Waals surface area contributed by atoms with E-state index in [0.29, 0.717) is 22.5 Å². The lowest BCUT2D eigenvalue weighted by molar-refractivity contribution is 0.0677. The number of sulfonamides is 1. The first-order chi connectivity index (χ1) is 14.3. The van der Waals surface area contributed by atoms with Gasteiger partial charge in [0.25, 0.3) is 0 Å². The number of hydrogen-bond acceptors (Lipinski definition) is 6. The number of amides is 1. The molecular weight excluding hydrogens is 406 g/mol. The fourth-order valence-corrected chi connectivity index (χ4v) is 3.99. The molecule has 2 heterocycles. The summed E-state index contributed by atoms with van der Waals surface area (Å²) in [6.45, 7) is 0. The molecule has 30 heavy (non-hydrogen) atoms. The third-order valence-electron chi connectivity index (χ3n) is 4.68. The van der Waals surface area contributed by atoms with Crippen LogP contribution in [-0.4, -0.2) is 36.4 Å². The van der Waals surface area contributed by atoms with Crippen LogP contribution in [0.3, 0.4) is 0 Å². The number of phenolic OH excluding ortho intramolecular Hbond substituents is 1. The molecule has 4 rings (SSSR count). The maximum Gasteiger partial charge on any atom is 0.310 e. The fourth-order valence-electron chi connectivity index (χ4n) is 3.41. The number of furan rings is 1. The van der Waals surface area contributed by atoms with Gasteiger partial charge in [-0.25, -0.2) is 13.4 Å². The van der Waals surface area contributed by atoms with Gasteiger partial charge in [0, 0.05) is 17.5 Å². The van der Waals surface area contributed by atoms with E-state index in [1.807, 2.05) is 0 Å². The van der Waals surface area contributed by atoms with E-state index in [4.69, 9.17) is 4.42 Å². The van der Waals surface area contributed by atoms with Crippen molar-refractivity contribution in [2.24, 2.45) is 5.10 Å².